The van der Waals surface area contributed by atoms with Gasteiger partial charge in [-0.1, -0.05) is 30.3 Å². The van der Waals surface area contributed by atoms with Crippen molar-refractivity contribution >= 4 is 34.4 Å². The molecule has 6 nitrogen and oxygen atoms in total. The molecule has 158 valence electrons. The quantitative estimate of drug-likeness (QED) is 0.636. The molecule has 0 radical (unpaired) electrons. The number of benzene rings is 2. The second-order valence-corrected chi connectivity index (χ2v) is 7.38. The Morgan fingerprint density at radius 2 is 1.87 bits per heavy atom. The molecule has 0 fully saturated rings. The minimum absolute atomic E-state index is 0.310. The Morgan fingerprint density at radius 3 is 2.61 bits per heavy atom. The Morgan fingerprint density at radius 1 is 1.10 bits per heavy atom. The minimum atomic E-state index is -0.496. The Balaban J connectivity index is 1.81. The van der Waals surface area contributed by atoms with Gasteiger partial charge in [0, 0.05) is 12.4 Å². The number of ether oxygens (including phenoxy) is 2. The molecule has 1 heterocycles. The number of nitrogens with one attached hydrogen (secondary N) is 1. The zero-order valence-electron chi connectivity index (χ0n) is 17.6. The summed E-state index contributed by atoms with van der Waals surface area (Å²) < 4.78 is 10.6. The summed E-state index contributed by atoms with van der Waals surface area (Å²) in [5.41, 5.74) is 5.07. The second-order valence-electron chi connectivity index (χ2n) is 7.38. The first-order chi connectivity index (χ1) is 15.1. The van der Waals surface area contributed by atoms with Gasteiger partial charge in [0.2, 0.25) is 0 Å². The number of para-hydroxylation sites is 1. The van der Waals surface area contributed by atoms with E-state index < -0.39 is 5.97 Å². The van der Waals surface area contributed by atoms with Crippen LogP contribution in [0.25, 0.3) is 22.6 Å². The van der Waals surface area contributed by atoms with Gasteiger partial charge in [0.1, 0.15) is 5.75 Å². The number of likely N-dealkylation sites (N-methyl/N-ethyl adjacent to an activating group) is 1. The van der Waals surface area contributed by atoms with Gasteiger partial charge < -0.3 is 14.8 Å². The number of allylic oxidation sites excluding steroid dienone is 1. The van der Waals surface area contributed by atoms with Gasteiger partial charge in [0.25, 0.3) is 5.91 Å². The average Bonchev–Trinajstić information content (AvgIpc) is 2.81. The lowest BCUT2D eigenvalue weighted by atomic mass is 9.86. The number of hydrogen-bond acceptors (Lipinski definition) is 5. The highest BCUT2D eigenvalue weighted by molar-refractivity contribution is 6.07. The van der Waals surface area contributed by atoms with Gasteiger partial charge in [-0.2, -0.15) is 0 Å². The largest absolute Gasteiger partial charge is 0.497 e. The maximum Gasteiger partial charge on any atom is 0.339 e. The summed E-state index contributed by atoms with van der Waals surface area (Å²) in [7, 11) is 3.15. The van der Waals surface area contributed by atoms with Gasteiger partial charge >= 0.3 is 5.97 Å². The summed E-state index contributed by atoms with van der Waals surface area (Å²) in [6, 6.07) is 15.4. The van der Waals surface area contributed by atoms with Crippen LogP contribution in [0.1, 0.15) is 40.0 Å². The van der Waals surface area contributed by atoms with E-state index in [4.69, 9.17) is 14.5 Å². The highest BCUT2D eigenvalue weighted by Gasteiger charge is 2.26. The van der Waals surface area contributed by atoms with Crippen LogP contribution in [0, 0.1) is 0 Å². The van der Waals surface area contributed by atoms with Crippen molar-refractivity contribution in [2.24, 2.45) is 0 Å². The molecule has 0 saturated heterocycles. The lowest BCUT2D eigenvalue weighted by Crippen LogP contribution is -2.26. The minimum Gasteiger partial charge on any atom is -0.497 e. The van der Waals surface area contributed by atoms with Crippen molar-refractivity contribution in [1.29, 1.82) is 0 Å². The van der Waals surface area contributed by atoms with Crippen molar-refractivity contribution in [2.45, 2.75) is 19.3 Å². The van der Waals surface area contributed by atoms with Gasteiger partial charge in [-0.15, -0.1) is 0 Å². The van der Waals surface area contributed by atoms with Crippen LogP contribution >= 0.6 is 0 Å². The number of amides is 1. The number of carbonyl (C=O) groups excluding carboxylic acids is 2. The highest BCUT2D eigenvalue weighted by atomic mass is 16.5. The predicted octanol–water partition coefficient (Wildman–Crippen LogP) is 4.02. The molecule has 1 aliphatic rings. The van der Waals surface area contributed by atoms with E-state index in [1.165, 1.54) is 7.05 Å². The summed E-state index contributed by atoms with van der Waals surface area (Å²) in [6.45, 7) is -0.310. The van der Waals surface area contributed by atoms with Gasteiger partial charge in [-0.05, 0) is 60.2 Å². The number of pyridine rings is 1. The van der Waals surface area contributed by atoms with Crippen LogP contribution < -0.4 is 10.1 Å². The molecular formula is C25H24N2O4. The van der Waals surface area contributed by atoms with Crippen LogP contribution in [0.15, 0.2) is 48.5 Å². The molecule has 0 unspecified atom stereocenters. The molecule has 0 aliphatic heterocycles. The lowest BCUT2D eigenvalue weighted by Gasteiger charge is -2.22. The molecule has 3 aromatic rings. The fourth-order valence-electron chi connectivity index (χ4n) is 3.88. The van der Waals surface area contributed by atoms with E-state index in [0.717, 1.165) is 58.3 Å². The highest BCUT2D eigenvalue weighted by Crippen LogP contribution is 2.36. The molecule has 6 heteroatoms. The molecule has 1 amide bonds. The van der Waals surface area contributed by atoms with Gasteiger partial charge in [0.05, 0.1) is 23.9 Å². The second kappa shape index (κ2) is 9.00. The summed E-state index contributed by atoms with van der Waals surface area (Å²) in [6.07, 6.45) is 4.62. The normalized spacial score (nSPS) is 14.2. The molecule has 0 bridgehead atoms. The van der Waals surface area contributed by atoms with Crippen molar-refractivity contribution in [3.63, 3.8) is 0 Å². The SMILES string of the molecule is CNC(=O)COC(=O)c1c2c(nc3ccccc13)C(=Cc1ccc(OC)cc1)CCC2. The zero-order chi connectivity index (χ0) is 21.8. The van der Waals surface area contributed by atoms with Gasteiger partial charge in [-0.25, -0.2) is 9.78 Å². The monoisotopic (exact) mass is 416 g/mol. The number of fused-ring (bicyclic) bond motifs is 2. The Bertz CT molecular complexity index is 1170. The first-order valence-electron chi connectivity index (χ1n) is 10.2. The van der Waals surface area contributed by atoms with E-state index in [9.17, 15) is 9.59 Å². The molecule has 31 heavy (non-hydrogen) atoms. The van der Waals surface area contributed by atoms with Crippen molar-refractivity contribution in [3.8, 4) is 5.75 Å². The van der Waals surface area contributed by atoms with Crippen molar-refractivity contribution in [2.75, 3.05) is 20.8 Å². The third-order valence-electron chi connectivity index (χ3n) is 5.44. The number of aromatic nitrogens is 1. The van der Waals surface area contributed by atoms with Crippen molar-refractivity contribution < 1.29 is 19.1 Å². The molecule has 4 rings (SSSR count). The van der Waals surface area contributed by atoms with Crippen LogP contribution in [-0.4, -0.2) is 37.6 Å². The van der Waals surface area contributed by atoms with Crippen LogP contribution in [0.3, 0.4) is 0 Å². The third kappa shape index (κ3) is 4.28. The number of hydrogen-bond donors (Lipinski definition) is 1. The maximum absolute atomic E-state index is 13.0. The van der Waals surface area contributed by atoms with E-state index in [-0.39, 0.29) is 12.5 Å². The summed E-state index contributed by atoms with van der Waals surface area (Å²) in [4.78, 5) is 29.5. The number of methoxy groups -OCH3 is 1. The number of carbonyl (C=O) groups is 2. The van der Waals surface area contributed by atoms with E-state index in [1.54, 1.807) is 7.11 Å². The molecule has 0 spiro atoms. The summed E-state index contributed by atoms with van der Waals surface area (Å²) in [5, 5.41) is 3.21. The summed E-state index contributed by atoms with van der Waals surface area (Å²) in [5.74, 6) is -0.0405. The maximum atomic E-state index is 13.0. The summed E-state index contributed by atoms with van der Waals surface area (Å²) >= 11 is 0. The first kappa shape index (κ1) is 20.6. The Labute approximate surface area is 180 Å². The van der Waals surface area contributed by atoms with Crippen molar-refractivity contribution in [1.82, 2.24) is 10.3 Å². The van der Waals surface area contributed by atoms with E-state index in [1.807, 2.05) is 48.5 Å². The molecule has 1 aromatic heterocycles. The van der Waals surface area contributed by atoms with E-state index >= 15 is 0 Å². The molecule has 2 aromatic carbocycles. The third-order valence-corrected chi connectivity index (χ3v) is 5.44. The zero-order valence-corrected chi connectivity index (χ0v) is 17.6. The lowest BCUT2D eigenvalue weighted by molar-refractivity contribution is -0.123. The molecule has 1 N–H and O–H groups in total. The van der Waals surface area contributed by atoms with Gasteiger partial charge in [-0.3, -0.25) is 4.79 Å². The predicted molar refractivity (Wildman–Crippen MR) is 120 cm³/mol. The molecular weight excluding hydrogens is 392 g/mol. The standard InChI is InChI=1S/C25H24N2O4/c1-26-22(28)15-31-25(29)23-19-7-3-4-9-21(19)27-24-17(6-5-8-20(23)24)14-16-10-12-18(30-2)13-11-16/h3-4,7,9-14H,5-6,8,15H2,1-2H3,(H,26,28). The van der Waals surface area contributed by atoms with E-state index in [0.29, 0.717) is 5.56 Å². The number of esters is 1. The molecule has 1 aliphatic carbocycles. The topological polar surface area (TPSA) is 77.5 Å². The van der Waals surface area contributed by atoms with Crippen LogP contribution in [0.4, 0.5) is 0 Å². The van der Waals surface area contributed by atoms with Crippen LogP contribution in [0.5, 0.6) is 5.75 Å². The van der Waals surface area contributed by atoms with E-state index in [2.05, 4.69) is 11.4 Å². The smallest absolute Gasteiger partial charge is 0.339 e. The Hall–Kier alpha value is -3.67. The Kier molecular flexibility index (Phi) is 5.98. The molecule has 0 saturated carbocycles. The van der Waals surface area contributed by atoms with Crippen LogP contribution in [0.2, 0.25) is 0 Å². The van der Waals surface area contributed by atoms with Crippen molar-refractivity contribution in [3.05, 3.63) is 70.9 Å². The fraction of sp³-hybridized carbons (Fsp3) is 0.240. The number of nitrogens with zero attached hydrogens (tertiary/aromatic N) is 1. The average molecular weight is 416 g/mol. The first-order valence-corrected chi connectivity index (χ1v) is 10.2. The van der Waals surface area contributed by atoms with Crippen LogP contribution in [-0.2, 0) is 16.0 Å². The number of rotatable bonds is 5. The van der Waals surface area contributed by atoms with Gasteiger partial charge in [0.15, 0.2) is 6.61 Å². The molecule has 0 atom stereocenters. The fourth-order valence-corrected chi connectivity index (χ4v) is 3.88.